The Kier molecular flexibility index (Phi) is 3.45. The van der Waals surface area contributed by atoms with Crippen molar-refractivity contribution in [2.75, 3.05) is 13.6 Å². The van der Waals surface area contributed by atoms with Gasteiger partial charge in [0, 0.05) is 12.5 Å². The molecule has 0 saturated heterocycles. The molecule has 0 radical (unpaired) electrons. The van der Waals surface area contributed by atoms with E-state index < -0.39 is 5.54 Å². The largest absolute Gasteiger partial charge is 0.458 e. The van der Waals surface area contributed by atoms with E-state index in [9.17, 15) is 4.79 Å². The lowest BCUT2D eigenvalue weighted by Gasteiger charge is -2.29. The Bertz CT molecular complexity index is 780. The second-order valence-electron chi connectivity index (χ2n) is 6.06. The Labute approximate surface area is 139 Å². The number of carbonyl (C=O) groups excluding carboxylic acids is 1. The monoisotopic (exact) mass is 327 g/mol. The van der Waals surface area contributed by atoms with E-state index in [1.165, 1.54) is 6.08 Å². The van der Waals surface area contributed by atoms with Gasteiger partial charge in [0.2, 0.25) is 19.5 Å². The van der Waals surface area contributed by atoms with Crippen molar-refractivity contribution in [2.24, 2.45) is 0 Å². The molecule has 1 N–H and O–H groups in total. The van der Waals surface area contributed by atoms with E-state index in [4.69, 9.17) is 18.9 Å². The maximum absolute atomic E-state index is 12.2. The van der Waals surface area contributed by atoms with Crippen molar-refractivity contribution < 1.29 is 23.7 Å². The Morgan fingerprint density at radius 3 is 2.92 bits per heavy atom. The number of hydrogen-bond donors (Lipinski definition) is 1. The number of carbonyl (C=O) groups is 1. The van der Waals surface area contributed by atoms with Gasteiger partial charge in [-0.1, -0.05) is 12.1 Å². The smallest absolute Gasteiger partial charge is 0.244 e. The van der Waals surface area contributed by atoms with Crippen LogP contribution in [0.2, 0.25) is 0 Å². The van der Waals surface area contributed by atoms with Gasteiger partial charge in [-0.25, -0.2) is 0 Å². The fourth-order valence-electron chi connectivity index (χ4n) is 2.84. The minimum atomic E-state index is -0.497. The summed E-state index contributed by atoms with van der Waals surface area (Å²) >= 11 is 0. The fraction of sp³-hybridized carbons (Fsp3) is 0.278. The Morgan fingerprint density at radius 1 is 1.17 bits per heavy atom. The highest BCUT2D eigenvalue weighted by atomic mass is 16.7. The summed E-state index contributed by atoms with van der Waals surface area (Å²) in [5.41, 5.74) is 0.374. The predicted octanol–water partition coefficient (Wildman–Crippen LogP) is 2.48. The van der Waals surface area contributed by atoms with Crippen LogP contribution in [-0.4, -0.2) is 25.0 Å². The second kappa shape index (κ2) is 5.63. The number of benzene rings is 1. The van der Waals surface area contributed by atoms with E-state index in [0.717, 1.165) is 22.8 Å². The first-order valence-electron chi connectivity index (χ1n) is 7.69. The van der Waals surface area contributed by atoms with Crippen molar-refractivity contribution in [3.63, 3.8) is 0 Å². The van der Waals surface area contributed by atoms with Crippen molar-refractivity contribution in [3.05, 3.63) is 53.5 Å². The van der Waals surface area contributed by atoms with Gasteiger partial charge in [-0.2, -0.15) is 0 Å². The van der Waals surface area contributed by atoms with Crippen LogP contribution in [0.4, 0.5) is 0 Å². The van der Waals surface area contributed by atoms with Crippen molar-refractivity contribution in [3.8, 4) is 11.5 Å². The van der Waals surface area contributed by atoms with Crippen LogP contribution in [0.15, 0.2) is 47.9 Å². The summed E-state index contributed by atoms with van der Waals surface area (Å²) < 4.78 is 21.3. The summed E-state index contributed by atoms with van der Waals surface area (Å²) in [6.45, 7) is 2.42. The lowest BCUT2D eigenvalue weighted by atomic mass is 9.91. The van der Waals surface area contributed by atoms with Crippen LogP contribution in [0.5, 0.6) is 11.5 Å². The molecule has 0 bridgehead atoms. The molecule has 1 aromatic rings. The van der Waals surface area contributed by atoms with Crippen LogP contribution in [0.25, 0.3) is 6.08 Å². The van der Waals surface area contributed by atoms with Crippen LogP contribution in [0, 0.1) is 0 Å². The van der Waals surface area contributed by atoms with Gasteiger partial charge >= 0.3 is 0 Å². The number of amides is 1. The molecule has 2 aliphatic heterocycles. The number of fused-ring (bicyclic) bond motifs is 1. The van der Waals surface area contributed by atoms with Crippen LogP contribution in [-0.2, 0) is 14.3 Å². The third kappa shape index (κ3) is 2.82. The van der Waals surface area contributed by atoms with E-state index in [1.54, 1.807) is 6.08 Å². The number of rotatable bonds is 3. The van der Waals surface area contributed by atoms with E-state index >= 15 is 0 Å². The molecule has 1 aromatic carbocycles. The maximum atomic E-state index is 12.2. The van der Waals surface area contributed by atoms with Gasteiger partial charge in [0.05, 0.1) is 5.54 Å². The van der Waals surface area contributed by atoms with Crippen LogP contribution < -0.4 is 14.8 Å². The topological polar surface area (TPSA) is 66.0 Å². The predicted molar refractivity (Wildman–Crippen MR) is 86.0 cm³/mol. The van der Waals surface area contributed by atoms with Crippen molar-refractivity contribution in [2.45, 2.75) is 18.9 Å². The van der Waals surface area contributed by atoms with E-state index in [1.807, 2.05) is 37.3 Å². The van der Waals surface area contributed by atoms with Crippen molar-refractivity contribution in [1.29, 1.82) is 0 Å². The van der Waals surface area contributed by atoms with Gasteiger partial charge in [-0.15, -0.1) is 0 Å². The van der Waals surface area contributed by atoms with Gasteiger partial charge in [0.1, 0.15) is 5.76 Å². The Balaban J connectivity index is 1.41. The molecule has 1 unspecified atom stereocenters. The van der Waals surface area contributed by atoms with Crippen LogP contribution in [0.3, 0.4) is 0 Å². The molecular weight excluding hydrogens is 310 g/mol. The first kappa shape index (κ1) is 14.7. The zero-order valence-electron chi connectivity index (χ0n) is 13.2. The van der Waals surface area contributed by atoms with Crippen molar-refractivity contribution >= 4 is 12.0 Å². The zero-order valence-corrected chi connectivity index (χ0v) is 13.2. The summed E-state index contributed by atoms with van der Waals surface area (Å²) in [6.07, 6.45) is 7.59. The summed E-state index contributed by atoms with van der Waals surface area (Å²) in [4.78, 5) is 12.2. The molecule has 0 saturated carbocycles. The molecule has 6 nitrogen and oxygen atoms in total. The van der Waals surface area contributed by atoms with Gasteiger partial charge in [0.15, 0.2) is 17.3 Å². The zero-order chi connectivity index (χ0) is 16.6. The highest BCUT2D eigenvalue weighted by Gasteiger charge is 2.32. The Morgan fingerprint density at radius 2 is 2.00 bits per heavy atom. The fourth-order valence-corrected chi connectivity index (χ4v) is 2.84. The molecule has 24 heavy (non-hydrogen) atoms. The molecule has 0 aromatic heterocycles. The molecule has 1 amide bonds. The maximum Gasteiger partial charge on any atom is 0.244 e. The van der Waals surface area contributed by atoms with Gasteiger partial charge in [-0.05, 0) is 36.8 Å². The highest BCUT2D eigenvalue weighted by molar-refractivity contribution is 5.92. The number of hydrogen-bond acceptors (Lipinski definition) is 5. The third-order valence-corrected chi connectivity index (χ3v) is 4.09. The molecule has 3 aliphatic rings. The average Bonchev–Trinajstić information content (AvgIpc) is 3.20. The minimum Gasteiger partial charge on any atom is -0.458 e. The van der Waals surface area contributed by atoms with Crippen LogP contribution in [0.1, 0.15) is 18.9 Å². The summed E-state index contributed by atoms with van der Waals surface area (Å²) in [6, 6.07) is 5.55. The molecule has 6 heteroatoms. The quantitative estimate of drug-likeness (QED) is 0.864. The molecule has 1 aliphatic carbocycles. The molecule has 2 heterocycles. The summed E-state index contributed by atoms with van der Waals surface area (Å²) in [5.74, 6) is 2.76. The third-order valence-electron chi connectivity index (χ3n) is 4.09. The van der Waals surface area contributed by atoms with Crippen molar-refractivity contribution in [1.82, 2.24) is 5.32 Å². The number of nitrogens with one attached hydrogen (secondary N) is 1. The average molecular weight is 327 g/mol. The van der Waals surface area contributed by atoms with Gasteiger partial charge in [-0.3, -0.25) is 4.79 Å². The molecule has 1 atom stereocenters. The number of ether oxygens (including phenoxy) is 4. The molecule has 4 rings (SSSR count). The normalized spacial score (nSPS) is 23.9. The number of allylic oxidation sites excluding steroid dienone is 1. The van der Waals surface area contributed by atoms with E-state index in [0.29, 0.717) is 12.2 Å². The van der Waals surface area contributed by atoms with Gasteiger partial charge in [0.25, 0.3) is 0 Å². The van der Waals surface area contributed by atoms with E-state index in [-0.39, 0.29) is 19.5 Å². The lowest BCUT2D eigenvalue weighted by Crippen LogP contribution is -2.45. The molecule has 0 spiro atoms. The summed E-state index contributed by atoms with van der Waals surface area (Å²) in [5, 5.41) is 2.99. The molecule has 124 valence electrons. The van der Waals surface area contributed by atoms with Crippen LogP contribution >= 0.6 is 0 Å². The lowest BCUT2D eigenvalue weighted by molar-refractivity contribution is -0.117. The van der Waals surface area contributed by atoms with Gasteiger partial charge < -0.3 is 24.3 Å². The first-order chi connectivity index (χ1) is 11.6. The second-order valence-corrected chi connectivity index (χ2v) is 6.06. The minimum absolute atomic E-state index is 0.178. The Hall–Kier alpha value is -2.89. The molecular formula is C18H17NO5. The van der Waals surface area contributed by atoms with E-state index in [2.05, 4.69) is 5.32 Å². The SMILES string of the molecule is CC1(NC(=O)/C=C/c2ccc3c(c2)OCO3)C=CC2=C(C1)OCO2. The highest BCUT2D eigenvalue weighted by Crippen LogP contribution is 2.33. The summed E-state index contributed by atoms with van der Waals surface area (Å²) in [7, 11) is 0. The molecule has 0 fully saturated rings. The standard InChI is InChI=1S/C18H17NO5/c1-18(7-6-14-16(9-18)24-11-22-14)19-17(20)5-3-12-2-4-13-15(8-12)23-10-21-13/h2-8H,9-11H2,1H3,(H,19,20)/b5-3+. The first-order valence-corrected chi connectivity index (χ1v) is 7.69.